The van der Waals surface area contributed by atoms with Gasteiger partial charge in [0.25, 0.3) is 8.32 Å². The molecule has 6 aromatic rings. The Balaban J connectivity index is 1.65. The van der Waals surface area contributed by atoms with Crippen LogP contribution in [0.3, 0.4) is 0 Å². The van der Waals surface area contributed by atoms with Gasteiger partial charge in [-0.3, -0.25) is 4.79 Å². The molecule has 0 saturated heterocycles. The van der Waals surface area contributed by atoms with Crippen LogP contribution in [0, 0.1) is 0 Å². The van der Waals surface area contributed by atoms with E-state index < -0.39 is 54.3 Å². The Morgan fingerprint density at radius 1 is 0.743 bits per heavy atom. The maximum Gasteiger partial charge on any atom is 0.317 e. The predicted molar refractivity (Wildman–Crippen MR) is 280 cm³/mol. The first-order valence-corrected chi connectivity index (χ1v) is 25.7. The van der Waals surface area contributed by atoms with Crippen molar-refractivity contribution >= 4 is 36.2 Å². The minimum absolute atomic E-state index is 0.0440. The number of amides is 2. The maximum absolute atomic E-state index is 14.9. The molecule has 2 N–H and O–H groups in total. The van der Waals surface area contributed by atoms with Crippen molar-refractivity contribution in [3.8, 4) is 0 Å². The summed E-state index contributed by atoms with van der Waals surface area (Å²) in [7, 11) is -0.411. The lowest BCUT2D eigenvalue weighted by atomic mass is 9.72. The molecule has 70 heavy (non-hydrogen) atoms. The normalized spacial score (nSPS) is 21.5. The number of carbonyl (C=O) groups is 2. The van der Waals surface area contributed by atoms with Crippen molar-refractivity contribution in [2.24, 2.45) is 5.11 Å². The van der Waals surface area contributed by atoms with Crippen LogP contribution >= 0.6 is 0 Å². The maximum atomic E-state index is 14.9. The average molecular weight is 959 g/mol. The number of ether oxygens (including phenoxy) is 3. The molecule has 1 saturated carbocycles. The van der Waals surface area contributed by atoms with Crippen molar-refractivity contribution in [2.75, 3.05) is 26.0 Å². The van der Waals surface area contributed by atoms with Crippen molar-refractivity contribution in [3.05, 3.63) is 209 Å². The number of azide groups is 1. The minimum Gasteiger partial charge on any atom is -0.394 e. The van der Waals surface area contributed by atoms with Gasteiger partial charge in [0.2, 0.25) is 0 Å². The third-order valence-corrected chi connectivity index (χ3v) is 19.0. The largest absolute Gasteiger partial charge is 0.394 e. The number of rotatable bonds is 20. The van der Waals surface area contributed by atoms with Crippen LogP contribution in [0.25, 0.3) is 10.4 Å². The first-order valence-electron chi connectivity index (χ1n) is 23.8. The zero-order valence-electron chi connectivity index (χ0n) is 41.5. The molecule has 1 aliphatic rings. The zero-order valence-corrected chi connectivity index (χ0v) is 42.5. The summed E-state index contributed by atoms with van der Waals surface area (Å²) in [4.78, 5) is 33.1. The van der Waals surface area contributed by atoms with E-state index >= 15 is 0 Å². The van der Waals surface area contributed by atoms with Crippen molar-refractivity contribution in [1.29, 1.82) is 0 Å². The third-order valence-electron chi connectivity index (χ3n) is 13.9. The highest BCUT2D eigenvalue weighted by molar-refractivity contribution is 6.99. The summed E-state index contributed by atoms with van der Waals surface area (Å²) in [5.41, 5.74) is 9.46. The van der Waals surface area contributed by atoms with Crippen LogP contribution in [0.4, 0.5) is 10.5 Å². The molecule has 0 spiro atoms. The van der Waals surface area contributed by atoms with Crippen molar-refractivity contribution in [2.45, 2.75) is 101 Å². The van der Waals surface area contributed by atoms with E-state index in [0.717, 1.165) is 27.1 Å². The van der Waals surface area contributed by atoms with Crippen LogP contribution in [0.1, 0.15) is 68.6 Å². The number of carbonyl (C=O) groups excluding carboxylic acids is 2. The molecule has 12 nitrogen and oxygen atoms in total. The molecule has 0 aliphatic heterocycles. The number of hydrogen-bond acceptors (Lipinski definition) is 8. The summed E-state index contributed by atoms with van der Waals surface area (Å²) in [6, 6.07) is 54.5. The van der Waals surface area contributed by atoms with E-state index in [0.29, 0.717) is 11.3 Å². The number of anilines is 1. The Morgan fingerprint density at radius 2 is 1.24 bits per heavy atom. The number of hydrogen-bond donors (Lipinski definition) is 2. The van der Waals surface area contributed by atoms with E-state index in [1.807, 2.05) is 153 Å². The lowest BCUT2D eigenvalue weighted by molar-refractivity contribution is -0.223. The second-order valence-electron chi connectivity index (χ2n) is 19.5. The van der Waals surface area contributed by atoms with Gasteiger partial charge in [-0.15, -0.1) is 0 Å². The van der Waals surface area contributed by atoms with Gasteiger partial charge < -0.3 is 34.2 Å². The molecular formula is C57H66N6O6Si. The van der Waals surface area contributed by atoms with Crippen LogP contribution in [0.2, 0.25) is 5.04 Å². The van der Waals surface area contributed by atoms with Gasteiger partial charge in [-0.2, -0.15) is 0 Å². The Kier molecular flexibility index (Phi) is 16.1. The van der Waals surface area contributed by atoms with Gasteiger partial charge in [0.1, 0.15) is 16.7 Å². The Bertz CT molecular complexity index is 2670. The van der Waals surface area contributed by atoms with E-state index in [1.165, 1.54) is 11.8 Å². The van der Waals surface area contributed by atoms with Crippen molar-refractivity contribution in [1.82, 2.24) is 10.2 Å². The van der Waals surface area contributed by atoms with Gasteiger partial charge in [-0.1, -0.05) is 190 Å². The molecule has 364 valence electrons. The van der Waals surface area contributed by atoms with E-state index in [1.54, 1.807) is 26.2 Å². The first kappa shape index (κ1) is 51.3. The number of benzene rings is 6. The molecule has 2 amide bonds. The quantitative estimate of drug-likeness (QED) is 0.0255. The fourth-order valence-corrected chi connectivity index (χ4v) is 15.1. The summed E-state index contributed by atoms with van der Waals surface area (Å²) < 4.78 is 30.6. The SMILES string of the molecule is CC(=O)c1cccc(N[C@H]2[C@H](N=[N+]=[N-])[C@@](NC(=O)N(C)C)([C@H](C)OCc3ccccc3)[C@@](C)(OCc3ccccc3)[C@]2(COCc2ccccc2)O[Si](c2ccccc2)(c2ccccc2)C(C)(C)C)c1. The standard InChI is InChI=1S/C57H66N6O6Si/c1-42(64)47-31-24-32-48(37-47)59-51-52(61-62-58)57(60-53(65)63(7)8,43(2)67-39-45-27-16-10-17-28-45)55(6,68-40-46-29-18-11-19-30-46)56(51,41-66-38-44-25-14-9-15-26-44)69-70(54(3,4)5,49-33-20-12-21-34-49)50-35-22-13-23-36-50/h9-37,43,51-52,59H,38-41H2,1-8H3,(H,60,65)/t43-,51-,52-,55-,56+,57-/m0/s1. The van der Waals surface area contributed by atoms with Crippen LogP contribution < -0.4 is 21.0 Å². The number of Topliss-reactive ketones (excluding diaryl/α,β-unsaturated/α-hetero) is 1. The Labute approximate surface area is 414 Å². The Morgan fingerprint density at radius 3 is 1.73 bits per heavy atom. The molecule has 6 aromatic carbocycles. The van der Waals surface area contributed by atoms with Gasteiger partial charge >= 0.3 is 6.03 Å². The van der Waals surface area contributed by atoms with Gasteiger partial charge in [-0.05, 0) is 70.5 Å². The van der Waals surface area contributed by atoms with Gasteiger partial charge in [0, 0.05) is 30.3 Å². The molecule has 0 unspecified atom stereocenters. The van der Waals surface area contributed by atoms with E-state index in [9.17, 15) is 15.1 Å². The lowest BCUT2D eigenvalue weighted by Gasteiger charge is -2.58. The number of ketones is 1. The number of nitrogens with zero attached hydrogens (tertiary/aromatic N) is 4. The monoisotopic (exact) mass is 958 g/mol. The first-order chi connectivity index (χ1) is 33.6. The average Bonchev–Trinajstić information content (AvgIpc) is 3.52. The molecule has 0 heterocycles. The molecule has 1 aliphatic carbocycles. The van der Waals surface area contributed by atoms with Gasteiger partial charge in [0.15, 0.2) is 5.78 Å². The zero-order chi connectivity index (χ0) is 50.0. The van der Waals surface area contributed by atoms with Gasteiger partial charge in [0.05, 0.1) is 44.6 Å². The van der Waals surface area contributed by atoms with Crippen LogP contribution in [-0.2, 0) is 38.5 Å². The fourth-order valence-electron chi connectivity index (χ4n) is 10.3. The topological polar surface area (TPSA) is 147 Å². The molecule has 1 fully saturated rings. The lowest BCUT2D eigenvalue weighted by Crippen LogP contribution is -2.80. The van der Waals surface area contributed by atoms with Crippen molar-refractivity contribution < 1.29 is 28.2 Å². The highest BCUT2D eigenvalue weighted by atomic mass is 28.4. The van der Waals surface area contributed by atoms with Crippen molar-refractivity contribution in [3.63, 3.8) is 0 Å². The highest BCUT2D eigenvalue weighted by Crippen LogP contribution is 2.58. The van der Waals surface area contributed by atoms with E-state index in [4.69, 9.17) is 23.8 Å². The summed E-state index contributed by atoms with van der Waals surface area (Å²) >= 11 is 0. The predicted octanol–water partition coefficient (Wildman–Crippen LogP) is 10.5. The molecular weight excluding hydrogens is 893 g/mol. The minimum atomic E-state index is -3.74. The molecule has 0 bridgehead atoms. The number of nitrogens with one attached hydrogen (secondary N) is 2. The summed E-state index contributed by atoms with van der Waals surface area (Å²) in [6.45, 7) is 12.2. The summed E-state index contributed by atoms with van der Waals surface area (Å²) in [5.74, 6) is -0.130. The highest BCUT2D eigenvalue weighted by Gasteiger charge is 2.80. The van der Waals surface area contributed by atoms with Gasteiger partial charge in [-0.25, -0.2) is 4.79 Å². The third kappa shape index (κ3) is 10.2. The van der Waals surface area contributed by atoms with Crippen LogP contribution in [0.15, 0.2) is 181 Å². The summed E-state index contributed by atoms with van der Waals surface area (Å²) in [5, 5.41) is 13.4. The van der Waals surface area contributed by atoms with Crippen LogP contribution in [0.5, 0.6) is 0 Å². The molecule has 7 rings (SSSR count). The molecule has 13 heteroatoms. The van der Waals surface area contributed by atoms with Crippen LogP contribution in [-0.4, -0.2) is 80.7 Å². The smallest absolute Gasteiger partial charge is 0.317 e. The second-order valence-corrected chi connectivity index (χ2v) is 23.7. The summed E-state index contributed by atoms with van der Waals surface area (Å²) in [6.07, 6.45) is -0.959. The molecule has 0 aromatic heterocycles. The number of urea groups is 1. The second kappa shape index (κ2) is 22.0. The molecule has 6 atom stereocenters. The molecule has 0 radical (unpaired) electrons. The fraction of sp³-hybridized carbons (Fsp3) is 0.333. The Hall–Kier alpha value is -6.57. The van der Waals surface area contributed by atoms with E-state index in [-0.39, 0.29) is 32.2 Å². The van der Waals surface area contributed by atoms with E-state index in [2.05, 4.69) is 60.6 Å².